The summed E-state index contributed by atoms with van der Waals surface area (Å²) in [6.07, 6.45) is 0.0291. The number of para-hydroxylation sites is 1. The van der Waals surface area contributed by atoms with Gasteiger partial charge in [-0.3, -0.25) is 9.59 Å². The van der Waals surface area contributed by atoms with Crippen molar-refractivity contribution in [2.24, 2.45) is 0 Å². The van der Waals surface area contributed by atoms with Crippen LogP contribution in [-0.4, -0.2) is 18.2 Å². The lowest BCUT2D eigenvalue weighted by Crippen LogP contribution is -2.24. The summed E-state index contributed by atoms with van der Waals surface area (Å²) < 4.78 is 0.836. The summed E-state index contributed by atoms with van der Waals surface area (Å²) in [6.45, 7) is 0.196. The second kappa shape index (κ2) is 3.53. The second-order valence-electron chi connectivity index (χ2n) is 3.15. The summed E-state index contributed by atoms with van der Waals surface area (Å²) in [6, 6.07) is 7.39. The minimum Gasteiger partial charge on any atom is -0.303 e. The van der Waals surface area contributed by atoms with Crippen molar-refractivity contribution in [3.8, 4) is 0 Å². The number of nitrogens with zero attached hydrogens (tertiary/aromatic N) is 1. The molecule has 0 unspecified atom stereocenters. The van der Waals surface area contributed by atoms with Gasteiger partial charge in [-0.25, -0.2) is 0 Å². The van der Waals surface area contributed by atoms with E-state index in [1.54, 1.807) is 0 Å². The normalized spacial score (nSPS) is 16.5. The topological polar surface area (TPSA) is 37.4 Å². The van der Waals surface area contributed by atoms with Crippen LogP contribution in [0.3, 0.4) is 0 Å². The van der Waals surface area contributed by atoms with Gasteiger partial charge in [0.15, 0.2) is 5.78 Å². The van der Waals surface area contributed by atoms with Gasteiger partial charge in [0, 0.05) is 4.47 Å². The van der Waals surface area contributed by atoms with Crippen LogP contribution in [0.1, 0.15) is 6.42 Å². The Hall–Kier alpha value is -1.16. The van der Waals surface area contributed by atoms with Crippen LogP contribution in [-0.2, 0) is 9.59 Å². The molecule has 0 spiro atoms. The summed E-state index contributed by atoms with van der Waals surface area (Å²) in [7, 11) is 0. The van der Waals surface area contributed by atoms with Crippen molar-refractivity contribution in [2.75, 3.05) is 11.4 Å². The van der Waals surface area contributed by atoms with Crippen LogP contribution in [0.2, 0.25) is 0 Å². The molecule has 1 aromatic rings. The highest BCUT2D eigenvalue weighted by molar-refractivity contribution is 9.10. The van der Waals surface area contributed by atoms with Crippen LogP contribution < -0.4 is 4.90 Å². The predicted octanol–water partition coefficient (Wildman–Crippen LogP) is 1.75. The maximum absolute atomic E-state index is 11.4. The molecular weight excluding hydrogens is 246 g/mol. The van der Waals surface area contributed by atoms with Crippen molar-refractivity contribution >= 4 is 33.3 Å². The highest BCUT2D eigenvalue weighted by atomic mass is 79.9. The first-order valence-corrected chi connectivity index (χ1v) is 5.04. The maximum Gasteiger partial charge on any atom is 0.234 e. The van der Waals surface area contributed by atoms with E-state index >= 15 is 0 Å². The van der Waals surface area contributed by atoms with E-state index in [1.807, 2.05) is 24.3 Å². The van der Waals surface area contributed by atoms with E-state index in [1.165, 1.54) is 4.90 Å². The number of hydrogen-bond donors (Lipinski definition) is 0. The standard InChI is InChI=1S/C10H8BrNO2/c11-8-3-1-2-4-9(8)12-6-7(13)5-10(12)14/h1-4H,5-6H2. The predicted molar refractivity (Wildman–Crippen MR) is 56.1 cm³/mol. The SMILES string of the molecule is O=C1CC(=O)N(c2ccccc2Br)C1. The number of anilines is 1. The van der Waals surface area contributed by atoms with Gasteiger partial charge in [-0.1, -0.05) is 12.1 Å². The van der Waals surface area contributed by atoms with Crippen LogP contribution in [0.15, 0.2) is 28.7 Å². The van der Waals surface area contributed by atoms with E-state index in [4.69, 9.17) is 0 Å². The third-order valence-electron chi connectivity index (χ3n) is 2.13. The lowest BCUT2D eigenvalue weighted by Gasteiger charge is -2.15. The molecule has 1 saturated heterocycles. The first-order chi connectivity index (χ1) is 6.68. The first-order valence-electron chi connectivity index (χ1n) is 4.25. The van der Waals surface area contributed by atoms with Crippen LogP contribution in [0.25, 0.3) is 0 Å². The molecule has 0 aromatic heterocycles. The van der Waals surface area contributed by atoms with E-state index in [9.17, 15) is 9.59 Å². The third-order valence-corrected chi connectivity index (χ3v) is 2.80. The van der Waals surface area contributed by atoms with Gasteiger partial charge in [0.2, 0.25) is 5.91 Å². The Morgan fingerprint density at radius 2 is 1.93 bits per heavy atom. The van der Waals surface area contributed by atoms with E-state index in [-0.39, 0.29) is 24.7 Å². The number of rotatable bonds is 1. The number of amides is 1. The minimum atomic E-state index is -0.123. The molecule has 0 bridgehead atoms. The van der Waals surface area contributed by atoms with Gasteiger partial charge >= 0.3 is 0 Å². The molecule has 4 heteroatoms. The number of hydrogen-bond acceptors (Lipinski definition) is 2. The van der Waals surface area contributed by atoms with E-state index in [0.717, 1.165) is 10.2 Å². The molecule has 0 N–H and O–H groups in total. The van der Waals surface area contributed by atoms with Crippen LogP contribution in [0.5, 0.6) is 0 Å². The Labute approximate surface area is 89.8 Å². The molecule has 1 aliphatic rings. The zero-order chi connectivity index (χ0) is 10.1. The Bertz CT molecular complexity index is 403. The number of carbonyl (C=O) groups excluding carboxylic acids is 2. The van der Waals surface area contributed by atoms with Crippen LogP contribution >= 0.6 is 15.9 Å². The molecule has 0 atom stereocenters. The quantitative estimate of drug-likeness (QED) is 0.716. The van der Waals surface area contributed by atoms with Crippen molar-refractivity contribution in [1.82, 2.24) is 0 Å². The fourth-order valence-corrected chi connectivity index (χ4v) is 1.97. The molecule has 0 aliphatic carbocycles. The number of benzene rings is 1. The van der Waals surface area contributed by atoms with E-state index in [2.05, 4.69) is 15.9 Å². The number of Topliss-reactive ketones (excluding diaryl/α,β-unsaturated/α-hetero) is 1. The molecule has 1 aromatic carbocycles. The summed E-state index contributed by atoms with van der Waals surface area (Å²) in [5.74, 6) is -0.146. The lowest BCUT2D eigenvalue weighted by molar-refractivity contribution is -0.121. The molecule has 14 heavy (non-hydrogen) atoms. The smallest absolute Gasteiger partial charge is 0.234 e. The van der Waals surface area contributed by atoms with Gasteiger partial charge < -0.3 is 4.90 Å². The van der Waals surface area contributed by atoms with Crippen molar-refractivity contribution in [3.05, 3.63) is 28.7 Å². The molecule has 0 radical (unpaired) electrons. The summed E-state index contributed by atoms with van der Waals surface area (Å²) in [5, 5.41) is 0. The molecule has 1 heterocycles. The summed E-state index contributed by atoms with van der Waals surface area (Å²) >= 11 is 3.35. The Morgan fingerprint density at radius 1 is 1.21 bits per heavy atom. The van der Waals surface area contributed by atoms with Gasteiger partial charge in [-0.05, 0) is 28.1 Å². The average Bonchev–Trinajstić information content (AvgIpc) is 2.46. The van der Waals surface area contributed by atoms with E-state index < -0.39 is 0 Å². The summed E-state index contributed by atoms with van der Waals surface area (Å²) in [5.41, 5.74) is 0.767. The molecule has 1 fully saturated rings. The van der Waals surface area contributed by atoms with E-state index in [0.29, 0.717) is 0 Å². The Balaban J connectivity index is 2.36. The number of carbonyl (C=O) groups is 2. The average molecular weight is 254 g/mol. The van der Waals surface area contributed by atoms with Gasteiger partial charge in [0.25, 0.3) is 0 Å². The van der Waals surface area contributed by atoms with Gasteiger partial charge in [0.1, 0.15) is 0 Å². The molecular formula is C10H8BrNO2. The molecule has 0 saturated carbocycles. The first kappa shape index (κ1) is 9.40. The fraction of sp³-hybridized carbons (Fsp3) is 0.200. The third kappa shape index (κ3) is 1.57. The molecule has 1 aliphatic heterocycles. The van der Waals surface area contributed by atoms with Gasteiger partial charge in [0.05, 0.1) is 18.7 Å². The zero-order valence-electron chi connectivity index (χ0n) is 7.37. The fourth-order valence-electron chi connectivity index (χ4n) is 1.47. The Kier molecular flexibility index (Phi) is 2.37. The molecule has 2 rings (SSSR count). The van der Waals surface area contributed by atoms with Crippen LogP contribution in [0.4, 0.5) is 5.69 Å². The summed E-state index contributed by atoms with van der Waals surface area (Å²) in [4.78, 5) is 24.0. The van der Waals surface area contributed by atoms with Crippen LogP contribution in [0, 0.1) is 0 Å². The molecule has 3 nitrogen and oxygen atoms in total. The molecule has 72 valence electrons. The maximum atomic E-state index is 11.4. The zero-order valence-corrected chi connectivity index (χ0v) is 8.95. The van der Waals surface area contributed by atoms with Crippen molar-refractivity contribution in [3.63, 3.8) is 0 Å². The second-order valence-corrected chi connectivity index (χ2v) is 4.00. The lowest BCUT2D eigenvalue weighted by atomic mass is 10.3. The molecule has 1 amide bonds. The van der Waals surface area contributed by atoms with Crippen molar-refractivity contribution in [2.45, 2.75) is 6.42 Å². The van der Waals surface area contributed by atoms with Gasteiger partial charge in [-0.2, -0.15) is 0 Å². The Morgan fingerprint density at radius 3 is 2.50 bits per heavy atom. The monoisotopic (exact) mass is 253 g/mol. The number of ketones is 1. The van der Waals surface area contributed by atoms with Gasteiger partial charge in [-0.15, -0.1) is 0 Å². The van der Waals surface area contributed by atoms with Crippen molar-refractivity contribution in [1.29, 1.82) is 0 Å². The highest BCUT2D eigenvalue weighted by Gasteiger charge is 2.29. The number of halogens is 1. The minimum absolute atomic E-state index is 0.0225. The van der Waals surface area contributed by atoms with Crippen molar-refractivity contribution < 1.29 is 9.59 Å². The highest BCUT2D eigenvalue weighted by Crippen LogP contribution is 2.28. The largest absolute Gasteiger partial charge is 0.303 e.